The molecule has 0 radical (unpaired) electrons. The van der Waals surface area contributed by atoms with Crippen molar-refractivity contribution in [1.29, 1.82) is 0 Å². The van der Waals surface area contributed by atoms with E-state index in [9.17, 15) is 0 Å². The number of rotatable bonds is 3. The zero-order chi connectivity index (χ0) is 15.0. The molecular weight excluding hydrogens is 313 g/mol. The molecule has 3 rings (SSSR count). The van der Waals surface area contributed by atoms with Gasteiger partial charge in [-0.2, -0.15) is 0 Å². The number of ether oxygens (including phenoxy) is 2. The molecule has 0 atom stereocenters. The SMILES string of the molecule is COc1c(OC)c(Cl)c2c(-c3ccccc3)noc2c1Cl. The molecule has 0 amide bonds. The second kappa shape index (κ2) is 5.47. The van der Waals surface area contributed by atoms with Crippen molar-refractivity contribution in [2.75, 3.05) is 14.2 Å². The molecule has 0 N–H and O–H groups in total. The van der Waals surface area contributed by atoms with E-state index < -0.39 is 0 Å². The van der Waals surface area contributed by atoms with Crippen LogP contribution in [0.25, 0.3) is 22.2 Å². The van der Waals surface area contributed by atoms with E-state index >= 15 is 0 Å². The molecule has 0 fully saturated rings. The molecule has 0 aliphatic carbocycles. The summed E-state index contributed by atoms with van der Waals surface area (Å²) < 4.78 is 15.9. The van der Waals surface area contributed by atoms with Gasteiger partial charge in [-0.15, -0.1) is 0 Å². The normalized spacial score (nSPS) is 10.9. The van der Waals surface area contributed by atoms with Gasteiger partial charge in [0.25, 0.3) is 0 Å². The van der Waals surface area contributed by atoms with Crippen LogP contribution < -0.4 is 9.47 Å². The second-order valence-electron chi connectivity index (χ2n) is 4.30. The summed E-state index contributed by atoms with van der Waals surface area (Å²) in [7, 11) is 2.99. The van der Waals surface area contributed by atoms with Gasteiger partial charge in [-0.3, -0.25) is 0 Å². The summed E-state index contributed by atoms with van der Waals surface area (Å²) >= 11 is 12.7. The van der Waals surface area contributed by atoms with Crippen molar-refractivity contribution in [3.63, 3.8) is 0 Å². The average Bonchev–Trinajstić information content (AvgIpc) is 2.96. The van der Waals surface area contributed by atoms with E-state index in [1.807, 2.05) is 30.3 Å². The molecule has 1 heterocycles. The van der Waals surface area contributed by atoms with Gasteiger partial charge in [-0.05, 0) is 0 Å². The van der Waals surface area contributed by atoms with Gasteiger partial charge in [0, 0.05) is 5.56 Å². The van der Waals surface area contributed by atoms with Gasteiger partial charge in [-0.25, -0.2) is 0 Å². The number of nitrogens with zero attached hydrogens (tertiary/aromatic N) is 1. The smallest absolute Gasteiger partial charge is 0.191 e. The van der Waals surface area contributed by atoms with E-state index in [1.165, 1.54) is 14.2 Å². The predicted octanol–water partition coefficient (Wildman–Crippen LogP) is 4.82. The van der Waals surface area contributed by atoms with Crippen LogP contribution in [0.3, 0.4) is 0 Å². The summed E-state index contributed by atoms with van der Waals surface area (Å²) in [5.74, 6) is 0.685. The lowest BCUT2D eigenvalue weighted by Gasteiger charge is -2.11. The van der Waals surface area contributed by atoms with Gasteiger partial charge in [0.2, 0.25) is 0 Å². The van der Waals surface area contributed by atoms with Crippen molar-refractivity contribution < 1.29 is 14.0 Å². The minimum absolute atomic E-state index is 0.281. The lowest BCUT2D eigenvalue weighted by atomic mass is 10.1. The van der Waals surface area contributed by atoms with Crippen LogP contribution in [0.1, 0.15) is 0 Å². The Balaban J connectivity index is 2.39. The lowest BCUT2D eigenvalue weighted by Crippen LogP contribution is -1.93. The highest BCUT2D eigenvalue weighted by atomic mass is 35.5. The molecule has 108 valence electrons. The van der Waals surface area contributed by atoms with Crippen LogP contribution in [0.4, 0.5) is 0 Å². The second-order valence-corrected chi connectivity index (χ2v) is 5.05. The third kappa shape index (κ3) is 2.11. The van der Waals surface area contributed by atoms with Crippen molar-refractivity contribution in [3.05, 3.63) is 40.4 Å². The van der Waals surface area contributed by atoms with Gasteiger partial charge in [0.1, 0.15) is 10.7 Å². The summed E-state index contributed by atoms with van der Waals surface area (Å²) in [6.45, 7) is 0. The lowest BCUT2D eigenvalue weighted by molar-refractivity contribution is 0.355. The van der Waals surface area contributed by atoms with Gasteiger partial charge in [0.15, 0.2) is 17.1 Å². The van der Waals surface area contributed by atoms with E-state index in [0.717, 1.165) is 5.56 Å². The Kier molecular flexibility index (Phi) is 3.66. The number of aromatic nitrogens is 1. The number of fused-ring (bicyclic) bond motifs is 1. The number of benzene rings is 2. The van der Waals surface area contributed by atoms with Crippen LogP contribution in [0, 0.1) is 0 Å². The summed E-state index contributed by atoms with van der Waals surface area (Å²) in [5.41, 5.74) is 1.86. The molecule has 6 heteroatoms. The third-order valence-electron chi connectivity index (χ3n) is 3.17. The quantitative estimate of drug-likeness (QED) is 0.693. The summed E-state index contributed by atoms with van der Waals surface area (Å²) in [4.78, 5) is 0. The van der Waals surface area contributed by atoms with E-state index in [-0.39, 0.29) is 5.02 Å². The molecule has 3 aromatic rings. The van der Waals surface area contributed by atoms with E-state index in [2.05, 4.69) is 5.16 Å². The molecule has 0 saturated carbocycles. The fourth-order valence-corrected chi connectivity index (χ4v) is 2.85. The Morgan fingerprint density at radius 2 is 1.57 bits per heavy atom. The largest absolute Gasteiger partial charge is 0.491 e. The standard InChI is InChI=1S/C15H11Cl2NO3/c1-19-14-10(16)9-12(8-6-4-3-5-7-8)18-21-13(9)11(17)15(14)20-2/h3-7H,1-2H3. The van der Waals surface area contributed by atoms with Crippen LogP contribution in [0.15, 0.2) is 34.9 Å². The molecule has 0 aliphatic rings. The van der Waals surface area contributed by atoms with Crippen molar-refractivity contribution in [1.82, 2.24) is 5.16 Å². The van der Waals surface area contributed by atoms with Crippen molar-refractivity contribution >= 4 is 34.2 Å². The van der Waals surface area contributed by atoms with Crippen molar-refractivity contribution in [2.45, 2.75) is 0 Å². The minimum atomic E-state index is 0.281. The number of hydrogen-bond acceptors (Lipinski definition) is 4. The van der Waals surface area contributed by atoms with E-state index in [4.69, 9.17) is 37.2 Å². The van der Waals surface area contributed by atoms with Crippen LogP contribution in [-0.4, -0.2) is 19.4 Å². The fraction of sp³-hybridized carbons (Fsp3) is 0.133. The summed E-state index contributed by atoms with van der Waals surface area (Å²) in [5, 5.41) is 5.32. The molecule has 1 aromatic heterocycles. The molecular formula is C15H11Cl2NO3. The molecule has 2 aromatic carbocycles. The minimum Gasteiger partial charge on any atom is -0.491 e. The Labute approximate surface area is 131 Å². The zero-order valence-corrected chi connectivity index (χ0v) is 12.8. The van der Waals surface area contributed by atoms with Crippen LogP contribution in [0.5, 0.6) is 11.5 Å². The van der Waals surface area contributed by atoms with Crippen LogP contribution >= 0.6 is 23.2 Å². The first-order valence-electron chi connectivity index (χ1n) is 6.12. The zero-order valence-electron chi connectivity index (χ0n) is 11.3. The monoisotopic (exact) mass is 323 g/mol. The highest BCUT2D eigenvalue weighted by molar-refractivity contribution is 6.43. The topological polar surface area (TPSA) is 44.5 Å². The first-order valence-corrected chi connectivity index (χ1v) is 6.88. The summed E-state index contributed by atoms with van der Waals surface area (Å²) in [6.07, 6.45) is 0. The molecule has 0 spiro atoms. The molecule has 0 bridgehead atoms. The molecule has 0 unspecified atom stereocenters. The molecule has 0 aliphatic heterocycles. The Morgan fingerprint density at radius 3 is 2.19 bits per heavy atom. The third-order valence-corrected chi connectivity index (χ3v) is 3.88. The number of halogens is 2. The number of hydrogen-bond donors (Lipinski definition) is 0. The average molecular weight is 324 g/mol. The van der Waals surface area contributed by atoms with Gasteiger partial charge in [-0.1, -0.05) is 58.7 Å². The Bertz CT molecular complexity index is 800. The molecule has 4 nitrogen and oxygen atoms in total. The van der Waals surface area contributed by atoms with Crippen LogP contribution in [0.2, 0.25) is 10.0 Å². The molecule has 0 saturated heterocycles. The number of methoxy groups -OCH3 is 2. The highest BCUT2D eigenvalue weighted by Gasteiger charge is 2.25. The maximum absolute atomic E-state index is 6.43. The fourth-order valence-electron chi connectivity index (χ4n) is 2.22. The predicted molar refractivity (Wildman–Crippen MR) is 82.6 cm³/mol. The first kappa shape index (κ1) is 14.0. The van der Waals surface area contributed by atoms with Crippen molar-refractivity contribution in [2.24, 2.45) is 0 Å². The Hall–Kier alpha value is -1.91. The Morgan fingerprint density at radius 1 is 0.952 bits per heavy atom. The van der Waals surface area contributed by atoms with E-state index in [1.54, 1.807) is 0 Å². The van der Waals surface area contributed by atoms with Crippen LogP contribution in [-0.2, 0) is 0 Å². The van der Waals surface area contributed by atoms with Gasteiger partial charge >= 0.3 is 0 Å². The summed E-state index contributed by atoms with van der Waals surface area (Å²) in [6, 6.07) is 9.57. The van der Waals surface area contributed by atoms with E-state index in [0.29, 0.717) is 33.2 Å². The van der Waals surface area contributed by atoms with Gasteiger partial charge < -0.3 is 14.0 Å². The highest BCUT2D eigenvalue weighted by Crippen LogP contribution is 2.49. The maximum Gasteiger partial charge on any atom is 0.191 e. The molecule has 21 heavy (non-hydrogen) atoms. The first-order chi connectivity index (χ1) is 10.2. The maximum atomic E-state index is 6.43. The van der Waals surface area contributed by atoms with Crippen molar-refractivity contribution in [3.8, 4) is 22.8 Å². The van der Waals surface area contributed by atoms with Gasteiger partial charge in [0.05, 0.1) is 24.6 Å².